The lowest BCUT2D eigenvalue weighted by Crippen LogP contribution is -2.27. The number of halogens is 3. The van der Waals surface area contributed by atoms with Crippen LogP contribution in [0.5, 0.6) is 0 Å². The van der Waals surface area contributed by atoms with Crippen LogP contribution in [0.1, 0.15) is 19.7 Å². The van der Waals surface area contributed by atoms with E-state index >= 15 is 0 Å². The Labute approximate surface area is 129 Å². The highest BCUT2D eigenvalue weighted by Crippen LogP contribution is 2.29. The van der Waals surface area contributed by atoms with Gasteiger partial charge < -0.3 is 14.6 Å². The zero-order chi connectivity index (χ0) is 17.0. The number of carbonyl (C=O) groups is 1. The minimum Gasteiger partial charge on any atom is -0.369 e. The lowest BCUT2D eigenvalue weighted by molar-refractivity contribution is -0.159. The Hall–Kier alpha value is -2.42. The molecule has 6 nitrogen and oxygen atoms in total. The van der Waals surface area contributed by atoms with Crippen LogP contribution >= 0.6 is 0 Å². The molecule has 1 aromatic carbocycles. The fraction of sp³-hybridized carbons (Fsp3) is 0.357. The molecule has 2 rings (SSSR count). The summed E-state index contributed by atoms with van der Waals surface area (Å²) in [6, 6.07) is 6.00. The van der Waals surface area contributed by atoms with Gasteiger partial charge in [-0.2, -0.15) is 18.2 Å². The van der Waals surface area contributed by atoms with Crippen molar-refractivity contribution in [2.45, 2.75) is 26.1 Å². The lowest BCUT2D eigenvalue weighted by atomic mass is 10.2. The van der Waals surface area contributed by atoms with Gasteiger partial charge in [0, 0.05) is 17.9 Å². The molecule has 2 aromatic rings. The van der Waals surface area contributed by atoms with Crippen LogP contribution in [-0.2, 0) is 15.7 Å². The summed E-state index contributed by atoms with van der Waals surface area (Å²) in [5, 5.41) is 5.91. The SMILES string of the molecule is CCOC(C)C(=O)Nc1ccc(-c2noc(C(F)(F)F)n2)cc1. The van der Waals surface area contributed by atoms with Crippen LogP contribution in [0, 0.1) is 0 Å². The first-order valence-electron chi connectivity index (χ1n) is 6.75. The molecule has 1 atom stereocenters. The summed E-state index contributed by atoms with van der Waals surface area (Å²) in [5.41, 5.74) is 0.810. The molecule has 0 spiro atoms. The summed E-state index contributed by atoms with van der Waals surface area (Å²) in [7, 11) is 0. The van der Waals surface area contributed by atoms with Gasteiger partial charge in [0.05, 0.1) is 0 Å². The van der Waals surface area contributed by atoms with Crippen molar-refractivity contribution in [1.29, 1.82) is 0 Å². The number of alkyl halides is 3. The molecule has 1 N–H and O–H groups in total. The quantitative estimate of drug-likeness (QED) is 0.912. The van der Waals surface area contributed by atoms with E-state index in [4.69, 9.17) is 4.74 Å². The molecule has 0 aliphatic rings. The van der Waals surface area contributed by atoms with Crippen molar-refractivity contribution in [1.82, 2.24) is 10.1 Å². The van der Waals surface area contributed by atoms with Crippen LogP contribution in [0.2, 0.25) is 0 Å². The zero-order valence-electron chi connectivity index (χ0n) is 12.3. The van der Waals surface area contributed by atoms with Gasteiger partial charge in [-0.05, 0) is 38.1 Å². The summed E-state index contributed by atoms with van der Waals surface area (Å²) in [6.07, 6.45) is -5.29. The molecule has 9 heteroatoms. The van der Waals surface area contributed by atoms with Gasteiger partial charge in [-0.15, -0.1) is 0 Å². The normalized spacial score (nSPS) is 12.9. The lowest BCUT2D eigenvalue weighted by Gasteiger charge is -2.12. The Bertz CT molecular complexity index is 668. The van der Waals surface area contributed by atoms with Gasteiger partial charge in [0.15, 0.2) is 0 Å². The molecule has 0 radical (unpaired) electrons. The van der Waals surface area contributed by atoms with Crippen molar-refractivity contribution in [3.63, 3.8) is 0 Å². The molecular formula is C14H14F3N3O3. The van der Waals surface area contributed by atoms with E-state index in [1.165, 1.54) is 24.3 Å². The number of carbonyl (C=O) groups excluding carboxylic acids is 1. The first kappa shape index (κ1) is 16.9. The van der Waals surface area contributed by atoms with Gasteiger partial charge in [0.2, 0.25) is 5.82 Å². The Balaban J connectivity index is 2.08. The fourth-order valence-corrected chi connectivity index (χ4v) is 1.73. The van der Waals surface area contributed by atoms with Gasteiger partial charge in [-0.25, -0.2) is 0 Å². The molecule has 0 fully saturated rings. The number of nitrogens with one attached hydrogen (secondary N) is 1. The number of nitrogens with zero attached hydrogens (tertiary/aromatic N) is 2. The minimum atomic E-state index is -4.69. The van der Waals surface area contributed by atoms with Gasteiger partial charge in [-0.1, -0.05) is 5.16 Å². The second-order valence-corrected chi connectivity index (χ2v) is 4.59. The Kier molecular flexibility index (Phi) is 4.99. The molecule has 0 saturated heterocycles. The van der Waals surface area contributed by atoms with Gasteiger partial charge >= 0.3 is 12.1 Å². The molecule has 1 heterocycles. The number of ether oxygens (including phenoxy) is 1. The van der Waals surface area contributed by atoms with Crippen LogP contribution in [0.3, 0.4) is 0 Å². The van der Waals surface area contributed by atoms with Crippen LogP contribution in [0.4, 0.5) is 18.9 Å². The van der Waals surface area contributed by atoms with Crippen molar-refractivity contribution < 1.29 is 27.2 Å². The molecule has 0 aliphatic carbocycles. The van der Waals surface area contributed by atoms with E-state index in [-0.39, 0.29) is 11.7 Å². The maximum absolute atomic E-state index is 12.4. The van der Waals surface area contributed by atoms with E-state index < -0.39 is 18.2 Å². The number of rotatable bonds is 5. The maximum Gasteiger partial charge on any atom is 0.471 e. The molecule has 0 aliphatic heterocycles. The van der Waals surface area contributed by atoms with Crippen molar-refractivity contribution in [3.05, 3.63) is 30.2 Å². The molecule has 0 saturated carbocycles. The summed E-state index contributed by atoms with van der Waals surface area (Å²) in [5.74, 6) is -1.91. The van der Waals surface area contributed by atoms with Crippen LogP contribution in [0.25, 0.3) is 11.4 Å². The number of hydrogen-bond donors (Lipinski definition) is 1. The number of anilines is 1. The van der Waals surface area contributed by atoms with Crippen LogP contribution < -0.4 is 5.32 Å². The Morgan fingerprint density at radius 3 is 2.52 bits per heavy atom. The second kappa shape index (κ2) is 6.78. The van der Waals surface area contributed by atoms with E-state index in [2.05, 4.69) is 20.0 Å². The summed E-state index contributed by atoms with van der Waals surface area (Å²) < 4.78 is 46.5. The molecule has 124 valence electrons. The Morgan fingerprint density at radius 2 is 2.00 bits per heavy atom. The van der Waals surface area contributed by atoms with Crippen LogP contribution in [-0.4, -0.2) is 28.8 Å². The standard InChI is InChI=1S/C14H14F3N3O3/c1-3-22-8(2)12(21)18-10-6-4-9(5-7-10)11-19-13(23-20-11)14(15,16)17/h4-8H,3H2,1-2H3,(H,18,21). The van der Waals surface area contributed by atoms with E-state index in [1.54, 1.807) is 13.8 Å². The van der Waals surface area contributed by atoms with E-state index in [9.17, 15) is 18.0 Å². The third-order valence-corrected chi connectivity index (χ3v) is 2.87. The number of aromatic nitrogens is 2. The average molecular weight is 329 g/mol. The van der Waals surface area contributed by atoms with Crippen LogP contribution in [0.15, 0.2) is 28.8 Å². The number of amides is 1. The highest BCUT2D eigenvalue weighted by Gasteiger charge is 2.38. The van der Waals surface area contributed by atoms with Gasteiger partial charge in [0.1, 0.15) is 6.10 Å². The molecular weight excluding hydrogens is 315 g/mol. The third kappa shape index (κ3) is 4.28. The second-order valence-electron chi connectivity index (χ2n) is 4.59. The topological polar surface area (TPSA) is 77.2 Å². The van der Waals surface area contributed by atoms with Crippen molar-refractivity contribution in [3.8, 4) is 11.4 Å². The first-order chi connectivity index (χ1) is 10.8. The molecule has 1 unspecified atom stereocenters. The van der Waals surface area contributed by atoms with Gasteiger partial charge in [0.25, 0.3) is 5.91 Å². The predicted molar refractivity (Wildman–Crippen MR) is 74.5 cm³/mol. The largest absolute Gasteiger partial charge is 0.471 e. The zero-order valence-corrected chi connectivity index (χ0v) is 12.3. The molecule has 1 amide bonds. The summed E-state index contributed by atoms with van der Waals surface area (Å²) >= 11 is 0. The van der Waals surface area contributed by atoms with E-state index in [1.807, 2.05) is 0 Å². The number of benzene rings is 1. The highest BCUT2D eigenvalue weighted by molar-refractivity contribution is 5.94. The molecule has 1 aromatic heterocycles. The first-order valence-corrected chi connectivity index (χ1v) is 6.75. The highest BCUT2D eigenvalue weighted by atomic mass is 19.4. The van der Waals surface area contributed by atoms with Crippen molar-refractivity contribution in [2.24, 2.45) is 0 Å². The van der Waals surface area contributed by atoms with E-state index in [0.29, 0.717) is 17.9 Å². The average Bonchev–Trinajstić information content (AvgIpc) is 2.98. The smallest absolute Gasteiger partial charge is 0.369 e. The fourth-order valence-electron chi connectivity index (χ4n) is 1.73. The van der Waals surface area contributed by atoms with Gasteiger partial charge in [-0.3, -0.25) is 4.79 Å². The maximum atomic E-state index is 12.4. The third-order valence-electron chi connectivity index (χ3n) is 2.87. The predicted octanol–water partition coefficient (Wildman–Crippen LogP) is 3.12. The van der Waals surface area contributed by atoms with Crippen molar-refractivity contribution in [2.75, 3.05) is 11.9 Å². The number of hydrogen-bond acceptors (Lipinski definition) is 5. The van der Waals surface area contributed by atoms with Crippen molar-refractivity contribution >= 4 is 11.6 Å². The summed E-state index contributed by atoms with van der Waals surface area (Å²) in [6.45, 7) is 3.80. The monoisotopic (exact) mass is 329 g/mol. The minimum absolute atomic E-state index is 0.183. The molecule has 23 heavy (non-hydrogen) atoms. The Morgan fingerprint density at radius 1 is 1.35 bits per heavy atom. The molecule has 0 bridgehead atoms. The summed E-state index contributed by atoms with van der Waals surface area (Å²) in [4.78, 5) is 15.1. The van der Waals surface area contributed by atoms with E-state index in [0.717, 1.165) is 0 Å².